The van der Waals surface area contributed by atoms with Crippen LogP contribution in [0.4, 0.5) is 0 Å². The third-order valence-corrected chi connectivity index (χ3v) is 4.20. The first-order valence-electron chi connectivity index (χ1n) is 5.80. The molecule has 0 spiro atoms. The van der Waals surface area contributed by atoms with Crippen LogP contribution in [0.5, 0.6) is 0 Å². The molecule has 0 aliphatic heterocycles. The van der Waals surface area contributed by atoms with Crippen molar-refractivity contribution in [2.75, 3.05) is 5.88 Å². The van der Waals surface area contributed by atoms with Gasteiger partial charge in [-0.2, -0.15) is 0 Å². The molecule has 0 unspecified atom stereocenters. The Bertz CT molecular complexity index is 531. The molecule has 0 N–H and O–H groups in total. The monoisotopic (exact) mass is 310 g/mol. The molecule has 17 heavy (non-hydrogen) atoms. The summed E-state index contributed by atoms with van der Waals surface area (Å²) in [4.78, 5) is 0. The number of rotatable bonds is 3. The van der Waals surface area contributed by atoms with Crippen molar-refractivity contribution in [2.24, 2.45) is 0 Å². The van der Waals surface area contributed by atoms with Gasteiger partial charge in [0.15, 0.2) is 0 Å². The van der Waals surface area contributed by atoms with Gasteiger partial charge in [-0.05, 0) is 34.2 Å². The van der Waals surface area contributed by atoms with Crippen molar-refractivity contribution in [3.05, 3.63) is 46.4 Å². The Balaban J connectivity index is 2.67. The van der Waals surface area contributed by atoms with Gasteiger partial charge in [-0.1, -0.05) is 60.1 Å². The second-order valence-electron chi connectivity index (χ2n) is 4.96. The minimum Gasteiger partial charge on any atom is -0.127 e. The molecule has 0 aliphatic rings. The summed E-state index contributed by atoms with van der Waals surface area (Å²) in [5.41, 5.74) is 1.49. The molecule has 0 radical (unpaired) electrons. The molecule has 90 valence electrons. The Hall–Kier alpha value is -0.530. The summed E-state index contributed by atoms with van der Waals surface area (Å²) >= 11 is 9.52. The minimum atomic E-state index is 0.113. The first-order chi connectivity index (χ1) is 8.06. The molecular weight excluding hydrogens is 296 g/mol. The van der Waals surface area contributed by atoms with Crippen molar-refractivity contribution in [3.63, 3.8) is 0 Å². The lowest BCUT2D eigenvalue weighted by Crippen LogP contribution is -2.18. The van der Waals surface area contributed by atoms with E-state index in [1.807, 2.05) is 0 Å². The van der Waals surface area contributed by atoms with Gasteiger partial charge in [-0.25, -0.2) is 0 Å². The molecule has 2 rings (SSSR count). The van der Waals surface area contributed by atoms with Crippen LogP contribution in [0, 0.1) is 0 Å². The van der Waals surface area contributed by atoms with Crippen LogP contribution < -0.4 is 0 Å². The molecule has 2 aromatic carbocycles. The molecule has 0 saturated heterocycles. The summed E-state index contributed by atoms with van der Waals surface area (Å²) < 4.78 is 1.15. The van der Waals surface area contributed by atoms with Gasteiger partial charge in [-0.15, -0.1) is 11.6 Å². The average Bonchev–Trinajstić information content (AvgIpc) is 2.29. The van der Waals surface area contributed by atoms with E-state index in [0.29, 0.717) is 5.88 Å². The molecule has 0 atom stereocenters. The summed E-state index contributed by atoms with van der Waals surface area (Å²) in [6, 6.07) is 12.8. The van der Waals surface area contributed by atoms with Gasteiger partial charge in [0.05, 0.1) is 0 Å². The lowest BCUT2D eigenvalue weighted by atomic mass is 9.80. The summed E-state index contributed by atoms with van der Waals surface area (Å²) in [6.07, 6.45) is 0.986. The average molecular weight is 312 g/mol. The van der Waals surface area contributed by atoms with Crippen LogP contribution >= 0.6 is 27.5 Å². The van der Waals surface area contributed by atoms with Crippen molar-refractivity contribution in [1.82, 2.24) is 0 Å². The predicted molar refractivity (Wildman–Crippen MR) is 80.0 cm³/mol. The Morgan fingerprint density at radius 3 is 2.35 bits per heavy atom. The minimum absolute atomic E-state index is 0.113. The first-order valence-corrected chi connectivity index (χ1v) is 7.13. The quantitative estimate of drug-likeness (QED) is 0.656. The zero-order valence-electron chi connectivity index (χ0n) is 10.1. The van der Waals surface area contributed by atoms with Crippen LogP contribution in [0.1, 0.15) is 25.8 Å². The first kappa shape index (κ1) is 12.9. The maximum atomic E-state index is 5.91. The Labute approximate surface area is 116 Å². The fourth-order valence-electron chi connectivity index (χ4n) is 2.22. The largest absolute Gasteiger partial charge is 0.127 e. The zero-order chi connectivity index (χ0) is 12.5. The van der Waals surface area contributed by atoms with E-state index in [2.05, 4.69) is 66.2 Å². The smallest absolute Gasteiger partial charge is 0.0253 e. The van der Waals surface area contributed by atoms with E-state index in [4.69, 9.17) is 11.6 Å². The van der Waals surface area contributed by atoms with Gasteiger partial charge in [0.2, 0.25) is 0 Å². The topological polar surface area (TPSA) is 0 Å². The van der Waals surface area contributed by atoms with E-state index in [-0.39, 0.29) is 5.41 Å². The van der Waals surface area contributed by atoms with E-state index in [1.165, 1.54) is 16.3 Å². The van der Waals surface area contributed by atoms with Crippen molar-refractivity contribution in [1.29, 1.82) is 0 Å². The van der Waals surface area contributed by atoms with Gasteiger partial charge in [0.25, 0.3) is 0 Å². The van der Waals surface area contributed by atoms with E-state index < -0.39 is 0 Å². The SMILES string of the molecule is CC(C)(CCCl)c1ccc(Br)c2ccccc12. The highest BCUT2D eigenvalue weighted by Crippen LogP contribution is 2.36. The van der Waals surface area contributed by atoms with Gasteiger partial charge in [0, 0.05) is 10.4 Å². The molecule has 0 bridgehead atoms. The summed E-state index contributed by atoms with van der Waals surface area (Å²) in [7, 11) is 0. The highest BCUT2D eigenvalue weighted by Gasteiger charge is 2.22. The Morgan fingerprint density at radius 2 is 1.71 bits per heavy atom. The number of hydrogen-bond acceptors (Lipinski definition) is 0. The van der Waals surface area contributed by atoms with E-state index in [9.17, 15) is 0 Å². The molecule has 0 saturated carbocycles. The maximum absolute atomic E-state index is 5.91. The fraction of sp³-hybridized carbons (Fsp3) is 0.333. The fourth-order valence-corrected chi connectivity index (χ4v) is 3.17. The molecule has 0 fully saturated rings. The third-order valence-electron chi connectivity index (χ3n) is 3.32. The number of benzene rings is 2. The standard InChI is InChI=1S/C15H16BrCl/c1-15(2,9-10-17)13-7-8-14(16)12-6-4-3-5-11(12)13/h3-8H,9-10H2,1-2H3. The van der Waals surface area contributed by atoms with Crippen LogP contribution in [0.2, 0.25) is 0 Å². The van der Waals surface area contributed by atoms with Crippen LogP contribution in [-0.4, -0.2) is 5.88 Å². The van der Waals surface area contributed by atoms with Gasteiger partial charge in [0.1, 0.15) is 0 Å². The van der Waals surface area contributed by atoms with Crippen molar-refractivity contribution in [3.8, 4) is 0 Å². The van der Waals surface area contributed by atoms with Gasteiger partial charge >= 0.3 is 0 Å². The highest BCUT2D eigenvalue weighted by molar-refractivity contribution is 9.10. The van der Waals surface area contributed by atoms with Crippen molar-refractivity contribution < 1.29 is 0 Å². The Morgan fingerprint density at radius 1 is 1.06 bits per heavy atom. The van der Waals surface area contributed by atoms with Gasteiger partial charge < -0.3 is 0 Å². The number of hydrogen-bond donors (Lipinski definition) is 0. The Kier molecular flexibility index (Phi) is 3.79. The van der Waals surface area contributed by atoms with Crippen LogP contribution in [-0.2, 0) is 5.41 Å². The van der Waals surface area contributed by atoms with Crippen LogP contribution in [0.15, 0.2) is 40.9 Å². The molecule has 0 nitrogen and oxygen atoms in total. The second kappa shape index (κ2) is 4.99. The lowest BCUT2D eigenvalue weighted by Gasteiger charge is -2.26. The molecular formula is C15H16BrCl. The van der Waals surface area contributed by atoms with Crippen molar-refractivity contribution >= 4 is 38.3 Å². The molecule has 0 heterocycles. The number of halogens is 2. The van der Waals surface area contributed by atoms with E-state index >= 15 is 0 Å². The predicted octanol–water partition coefficient (Wildman–Crippen LogP) is 5.51. The summed E-state index contributed by atoms with van der Waals surface area (Å²) in [5, 5.41) is 2.59. The molecule has 0 aliphatic carbocycles. The number of alkyl halides is 1. The van der Waals surface area contributed by atoms with Crippen LogP contribution in [0.3, 0.4) is 0 Å². The second-order valence-corrected chi connectivity index (χ2v) is 6.20. The summed E-state index contributed by atoms with van der Waals surface area (Å²) in [5.74, 6) is 0.692. The van der Waals surface area contributed by atoms with Gasteiger partial charge in [-0.3, -0.25) is 0 Å². The summed E-state index contributed by atoms with van der Waals surface area (Å²) in [6.45, 7) is 4.51. The lowest BCUT2D eigenvalue weighted by molar-refractivity contribution is 0.514. The highest BCUT2D eigenvalue weighted by atomic mass is 79.9. The van der Waals surface area contributed by atoms with E-state index in [1.54, 1.807) is 0 Å². The number of fused-ring (bicyclic) bond motifs is 1. The van der Waals surface area contributed by atoms with E-state index in [0.717, 1.165) is 10.9 Å². The zero-order valence-corrected chi connectivity index (χ0v) is 12.5. The van der Waals surface area contributed by atoms with Crippen molar-refractivity contribution in [2.45, 2.75) is 25.7 Å². The molecule has 0 amide bonds. The van der Waals surface area contributed by atoms with Crippen LogP contribution in [0.25, 0.3) is 10.8 Å². The molecule has 2 aromatic rings. The third kappa shape index (κ3) is 2.51. The maximum Gasteiger partial charge on any atom is 0.0253 e. The molecule has 0 aromatic heterocycles. The normalized spacial score (nSPS) is 12.0. The molecule has 2 heteroatoms.